The number of carbonyl (C=O) groups is 1. The van der Waals surface area contributed by atoms with E-state index in [1.54, 1.807) is 0 Å². The van der Waals surface area contributed by atoms with Gasteiger partial charge in [-0.25, -0.2) is 0 Å². The Morgan fingerprint density at radius 3 is 2.08 bits per heavy atom. The Balaban J connectivity index is 3.49. The molecule has 2 heteroatoms. The van der Waals surface area contributed by atoms with E-state index in [1.807, 2.05) is 0 Å². The third-order valence-electron chi connectivity index (χ3n) is 2.40. The van der Waals surface area contributed by atoms with Crippen molar-refractivity contribution in [3.63, 3.8) is 0 Å². The zero-order valence-electron chi connectivity index (χ0n) is 8.88. The van der Waals surface area contributed by atoms with Gasteiger partial charge < -0.3 is 0 Å². The van der Waals surface area contributed by atoms with Crippen LogP contribution in [0.3, 0.4) is 0 Å². The van der Waals surface area contributed by atoms with Gasteiger partial charge in [0, 0.05) is 6.42 Å². The highest BCUT2D eigenvalue weighted by molar-refractivity contribution is 7.96. The average Bonchev–Trinajstić information content (AvgIpc) is 2.04. The quantitative estimate of drug-likeness (QED) is 0.592. The first-order valence-electron chi connectivity index (χ1n) is 5.42. The molecule has 0 heterocycles. The molecule has 1 nitrogen and oxygen atoms in total. The van der Waals surface area contributed by atoms with Crippen molar-refractivity contribution in [3.8, 4) is 0 Å². The molecule has 0 atom stereocenters. The third kappa shape index (κ3) is 8.35. The minimum absolute atomic E-state index is 0.0340. The maximum atomic E-state index is 10.6. The molecule has 0 rings (SSSR count). The van der Waals surface area contributed by atoms with Crippen LogP contribution >= 0.6 is 12.6 Å². The molecular weight excluding hydrogens is 180 g/mol. The minimum atomic E-state index is 0.0340. The smallest absolute Gasteiger partial charge is 0.185 e. The van der Waals surface area contributed by atoms with E-state index in [9.17, 15) is 4.79 Å². The molecule has 0 aromatic rings. The zero-order valence-corrected chi connectivity index (χ0v) is 9.78. The highest BCUT2D eigenvalue weighted by Crippen LogP contribution is 2.20. The van der Waals surface area contributed by atoms with Gasteiger partial charge in [0.25, 0.3) is 0 Å². The van der Waals surface area contributed by atoms with Crippen molar-refractivity contribution < 1.29 is 4.79 Å². The molecule has 0 spiro atoms. The number of thiol groups is 1. The molecule has 0 amide bonds. The molecule has 0 aliphatic carbocycles. The molecule has 0 aromatic heterocycles. The van der Waals surface area contributed by atoms with Crippen molar-refractivity contribution in [2.45, 2.75) is 58.8 Å². The molecule has 0 saturated heterocycles. The highest BCUT2D eigenvalue weighted by Gasteiger charge is 2.06. The van der Waals surface area contributed by atoms with Gasteiger partial charge in [0.05, 0.1) is 0 Å². The Hall–Kier alpha value is 0.0200. The topological polar surface area (TPSA) is 17.1 Å². The van der Waals surface area contributed by atoms with Crippen molar-refractivity contribution in [2.75, 3.05) is 0 Å². The molecule has 0 aromatic carbocycles. The Labute approximate surface area is 87.7 Å². The van der Waals surface area contributed by atoms with Crippen LogP contribution in [0.15, 0.2) is 0 Å². The van der Waals surface area contributed by atoms with Crippen molar-refractivity contribution >= 4 is 17.7 Å². The maximum Gasteiger partial charge on any atom is 0.185 e. The molecule has 13 heavy (non-hydrogen) atoms. The molecule has 0 saturated carbocycles. The van der Waals surface area contributed by atoms with Crippen LogP contribution in [0.2, 0.25) is 0 Å². The Bertz CT molecular complexity index is 128. The van der Waals surface area contributed by atoms with Crippen molar-refractivity contribution in [1.29, 1.82) is 0 Å². The lowest BCUT2D eigenvalue weighted by atomic mass is 9.93. The lowest BCUT2D eigenvalue weighted by Crippen LogP contribution is -2.00. The first-order chi connectivity index (χ1) is 6.20. The van der Waals surface area contributed by atoms with Gasteiger partial charge in [-0.3, -0.25) is 4.79 Å². The normalized spacial score (nSPS) is 10.8. The van der Waals surface area contributed by atoms with Crippen LogP contribution in [-0.2, 0) is 4.79 Å². The summed E-state index contributed by atoms with van der Waals surface area (Å²) in [5, 5.41) is 0.0340. The average molecular weight is 202 g/mol. The summed E-state index contributed by atoms with van der Waals surface area (Å²) in [5.74, 6) is 0.836. The van der Waals surface area contributed by atoms with Gasteiger partial charge in [-0.05, 0) is 18.8 Å². The SMILES string of the molecule is CCCC(CCC)CCCC(=O)S. The summed E-state index contributed by atoms with van der Waals surface area (Å²) in [6.45, 7) is 4.46. The number of carbonyl (C=O) groups excluding carboxylic acids is 1. The largest absolute Gasteiger partial charge is 0.288 e. The van der Waals surface area contributed by atoms with E-state index in [1.165, 1.54) is 32.1 Å². The summed E-state index contributed by atoms with van der Waals surface area (Å²) in [6.07, 6.45) is 8.02. The monoisotopic (exact) mass is 202 g/mol. The van der Waals surface area contributed by atoms with Crippen molar-refractivity contribution in [3.05, 3.63) is 0 Å². The number of hydrogen-bond acceptors (Lipinski definition) is 1. The van der Waals surface area contributed by atoms with Crippen LogP contribution in [0.1, 0.15) is 58.8 Å². The summed E-state index contributed by atoms with van der Waals surface area (Å²) in [4.78, 5) is 10.6. The van der Waals surface area contributed by atoms with Crippen LogP contribution in [0.25, 0.3) is 0 Å². The lowest BCUT2D eigenvalue weighted by molar-refractivity contribution is -0.110. The van der Waals surface area contributed by atoms with Crippen LogP contribution in [0.4, 0.5) is 0 Å². The van der Waals surface area contributed by atoms with E-state index in [2.05, 4.69) is 26.5 Å². The summed E-state index contributed by atoms with van der Waals surface area (Å²) < 4.78 is 0. The predicted molar refractivity (Wildman–Crippen MR) is 61.2 cm³/mol. The Morgan fingerprint density at radius 2 is 1.69 bits per heavy atom. The molecule has 0 unspecified atom stereocenters. The van der Waals surface area contributed by atoms with Gasteiger partial charge in [-0.1, -0.05) is 39.5 Å². The lowest BCUT2D eigenvalue weighted by Gasteiger charge is -2.13. The van der Waals surface area contributed by atoms with E-state index in [0.29, 0.717) is 6.42 Å². The second kappa shape index (κ2) is 8.61. The van der Waals surface area contributed by atoms with Crippen molar-refractivity contribution in [1.82, 2.24) is 0 Å². The van der Waals surface area contributed by atoms with Gasteiger partial charge in [0.2, 0.25) is 0 Å². The van der Waals surface area contributed by atoms with Gasteiger partial charge in [0.1, 0.15) is 0 Å². The minimum Gasteiger partial charge on any atom is -0.288 e. The fraction of sp³-hybridized carbons (Fsp3) is 0.909. The summed E-state index contributed by atoms with van der Waals surface area (Å²) >= 11 is 3.77. The van der Waals surface area contributed by atoms with E-state index in [4.69, 9.17) is 0 Å². The molecular formula is C11H22OS. The van der Waals surface area contributed by atoms with Gasteiger partial charge >= 0.3 is 0 Å². The predicted octanol–water partition coefficient (Wildman–Crippen LogP) is 3.83. The summed E-state index contributed by atoms with van der Waals surface area (Å²) in [5.41, 5.74) is 0. The first-order valence-corrected chi connectivity index (χ1v) is 5.87. The molecule has 0 fully saturated rings. The van der Waals surface area contributed by atoms with Gasteiger partial charge in [0.15, 0.2) is 5.12 Å². The van der Waals surface area contributed by atoms with Gasteiger partial charge in [-0.2, -0.15) is 0 Å². The second-order valence-electron chi connectivity index (χ2n) is 3.73. The molecule has 0 bridgehead atoms. The van der Waals surface area contributed by atoms with E-state index < -0.39 is 0 Å². The van der Waals surface area contributed by atoms with Crippen LogP contribution in [-0.4, -0.2) is 5.12 Å². The molecule has 0 aliphatic rings. The van der Waals surface area contributed by atoms with Crippen LogP contribution < -0.4 is 0 Å². The molecule has 78 valence electrons. The Kier molecular flexibility index (Phi) is 8.62. The van der Waals surface area contributed by atoms with E-state index in [-0.39, 0.29) is 5.12 Å². The summed E-state index contributed by atoms with van der Waals surface area (Å²) in [6, 6.07) is 0. The second-order valence-corrected chi connectivity index (χ2v) is 4.23. The number of rotatable bonds is 8. The van der Waals surface area contributed by atoms with E-state index >= 15 is 0 Å². The fourth-order valence-electron chi connectivity index (χ4n) is 1.79. The molecule has 0 N–H and O–H groups in total. The fourth-order valence-corrected chi connectivity index (χ4v) is 1.95. The van der Waals surface area contributed by atoms with Crippen LogP contribution in [0.5, 0.6) is 0 Å². The highest BCUT2D eigenvalue weighted by atomic mass is 32.1. The van der Waals surface area contributed by atoms with E-state index in [0.717, 1.165) is 12.3 Å². The third-order valence-corrected chi connectivity index (χ3v) is 2.62. The molecule has 0 aliphatic heterocycles. The number of hydrogen-bond donors (Lipinski definition) is 1. The molecule has 0 radical (unpaired) electrons. The van der Waals surface area contributed by atoms with Crippen molar-refractivity contribution in [2.24, 2.45) is 5.92 Å². The first kappa shape index (κ1) is 13.0. The maximum absolute atomic E-state index is 10.6. The summed E-state index contributed by atoms with van der Waals surface area (Å²) in [7, 11) is 0. The van der Waals surface area contributed by atoms with Gasteiger partial charge in [-0.15, -0.1) is 12.6 Å². The van der Waals surface area contributed by atoms with Crippen LogP contribution in [0, 0.1) is 5.92 Å². The standard InChI is InChI=1S/C11H22OS/c1-3-6-10(7-4-2)8-5-9-11(12)13/h10H,3-9H2,1-2H3,(H,12,13). The Morgan fingerprint density at radius 1 is 1.15 bits per heavy atom. The zero-order chi connectivity index (χ0) is 10.1.